The number of benzene rings is 1. The first-order chi connectivity index (χ1) is 13.8. The predicted octanol–water partition coefficient (Wildman–Crippen LogP) is 3.52. The van der Waals surface area contributed by atoms with Gasteiger partial charge in [-0.1, -0.05) is 12.1 Å². The van der Waals surface area contributed by atoms with Crippen LogP contribution in [0.25, 0.3) is 22.1 Å². The number of piperidine rings is 1. The van der Waals surface area contributed by atoms with Gasteiger partial charge >= 0.3 is 0 Å². The average molecular weight is 382 g/mol. The Balaban J connectivity index is 1.68. The molecule has 0 atom stereocenters. The summed E-state index contributed by atoms with van der Waals surface area (Å²) in [7, 11) is 0. The van der Waals surface area contributed by atoms with Crippen LogP contribution in [0.2, 0.25) is 0 Å². The van der Waals surface area contributed by atoms with E-state index in [4.69, 9.17) is 9.15 Å². The minimum atomic E-state index is -0.262. The zero-order valence-electron chi connectivity index (χ0n) is 16.2. The summed E-state index contributed by atoms with van der Waals surface area (Å²) in [4.78, 5) is 24.1. The van der Waals surface area contributed by atoms with Gasteiger partial charge in [-0.05, 0) is 44.7 Å². The van der Waals surface area contributed by atoms with E-state index in [2.05, 4.69) is 20.2 Å². The highest BCUT2D eigenvalue weighted by Crippen LogP contribution is 2.33. The molecule has 1 aromatic carbocycles. The van der Waals surface area contributed by atoms with Gasteiger partial charge in [0.15, 0.2) is 11.4 Å². The number of aromatic nitrogens is 2. The summed E-state index contributed by atoms with van der Waals surface area (Å²) >= 11 is 0. The molecular formula is C21H26N4O3. The van der Waals surface area contributed by atoms with Crippen LogP contribution in [0.5, 0.6) is 0 Å². The Labute approximate surface area is 164 Å². The lowest BCUT2D eigenvalue weighted by molar-refractivity contribution is 0.0934. The van der Waals surface area contributed by atoms with Crippen LogP contribution in [0.15, 0.2) is 28.7 Å². The van der Waals surface area contributed by atoms with Gasteiger partial charge in [0, 0.05) is 38.2 Å². The minimum absolute atomic E-state index is 0.191. The maximum Gasteiger partial charge on any atom is 0.289 e. The number of para-hydroxylation sites is 1. The van der Waals surface area contributed by atoms with Crippen molar-refractivity contribution in [3.63, 3.8) is 0 Å². The number of anilines is 1. The molecule has 0 aliphatic carbocycles. The molecule has 148 valence electrons. The molecule has 1 fully saturated rings. The number of furan rings is 1. The van der Waals surface area contributed by atoms with Crippen molar-refractivity contribution in [1.82, 2.24) is 15.3 Å². The molecule has 1 N–H and O–H groups in total. The highest BCUT2D eigenvalue weighted by atomic mass is 16.5. The van der Waals surface area contributed by atoms with Crippen LogP contribution in [0.1, 0.15) is 43.2 Å². The molecule has 0 spiro atoms. The fourth-order valence-electron chi connectivity index (χ4n) is 3.60. The number of hydrogen-bond acceptors (Lipinski definition) is 6. The van der Waals surface area contributed by atoms with E-state index in [0.29, 0.717) is 30.9 Å². The summed E-state index contributed by atoms with van der Waals surface area (Å²) in [6, 6.07) is 7.78. The summed E-state index contributed by atoms with van der Waals surface area (Å²) in [6.07, 6.45) is 4.21. The van der Waals surface area contributed by atoms with Crippen molar-refractivity contribution in [3.05, 3.63) is 30.1 Å². The number of carbonyl (C=O) groups is 1. The second-order valence-electron chi connectivity index (χ2n) is 7.00. The monoisotopic (exact) mass is 382 g/mol. The maximum absolute atomic E-state index is 12.7. The van der Waals surface area contributed by atoms with Crippen LogP contribution in [0.3, 0.4) is 0 Å². The lowest BCUT2D eigenvalue weighted by Gasteiger charge is -2.27. The van der Waals surface area contributed by atoms with Crippen molar-refractivity contribution < 1.29 is 13.9 Å². The Morgan fingerprint density at radius 1 is 1.21 bits per heavy atom. The fraction of sp³-hybridized carbons (Fsp3) is 0.476. The first-order valence-corrected chi connectivity index (χ1v) is 10.1. The van der Waals surface area contributed by atoms with E-state index in [-0.39, 0.29) is 11.7 Å². The van der Waals surface area contributed by atoms with Crippen LogP contribution in [-0.4, -0.2) is 48.7 Å². The third kappa shape index (κ3) is 3.80. The van der Waals surface area contributed by atoms with E-state index in [1.807, 2.05) is 31.2 Å². The van der Waals surface area contributed by atoms with E-state index in [0.717, 1.165) is 49.1 Å². The van der Waals surface area contributed by atoms with Crippen molar-refractivity contribution >= 4 is 33.8 Å². The zero-order chi connectivity index (χ0) is 19.3. The molecule has 1 aliphatic rings. The van der Waals surface area contributed by atoms with Crippen molar-refractivity contribution in [1.29, 1.82) is 0 Å². The minimum Gasteiger partial charge on any atom is -0.450 e. The number of carbonyl (C=O) groups excluding carboxylic acids is 1. The Bertz CT molecular complexity index is 963. The van der Waals surface area contributed by atoms with Crippen LogP contribution in [0.4, 0.5) is 5.82 Å². The quantitative estimate of drug-likeness (QED) is 0.630. The number of amides is 1. The van der Waals surface area contributed by atoms with Gasteiger partial charge < -0.3 is 19.4 Å². The molecule has 1 saturated heterocycles. The van der Waals surface area contributed by atoms with Crippen LogP contribution < -0.4 is 10.2 Å². The van der Waals surface area contributed by atoms with Gasteiger partial charge in [-0.15, -0.1) is 0 Å². The third-order valence-corrected chi connectivity index (χ3v) is 5.02. The van der Waals surface area contributed by atoms with E-state index >= 15 is 0 Å². The molecule has 4 rings (SSSR count). The molecule has 0 bridgehead atoms. The second-order valence-corrected chi connectivity index (χ2v) is 7.00. The third-order valence-electron chi connectivity index (χ3n) is 5.02. The largest absolute Gasteiger partial charge is 0.450 e. The molecule has 7 heteroatoms. The Morgan fingerprint density at radius 2 is 2.04 bits per heavy atom. The smallest absolute Gasteiger partial charge is 0.289 e. The van der Waals surface area contributed by atoms with Crippen LogP contribution >= 0.6 is 0 Å². The summed E-state index contributed by atoms with van der Waals surface area (Å²) < 4.78 is 11.4. The fourth-order valence-corrected chi connectivity index (χ4v) is 3.60. The molecule has 0 saturated carbocycles. The van der Waals surface area contributed by atoms with E-state index < -0.39 is 0 Å². The summed E-state index contributed by atoms with van der Waals surface area (Å²) in [5, 5.41) is 3.81. The lowest BCUT2D eigenvalue weighted by atomic mass is 10.1. The molecule has 0 unspecified atom stereocenters. The molecule has 28 heavy (non-hydrogen) atoms. The standard InChI is InChI=1S/C21H26N4O3/c1-2-27-14-8-11-22-21(26)19-23-17-15-9-4-5-10-16(15)28-18(17)20(24-19)25-12-6-3-7-13-25/h4-5,9-10H,2-3,6-8,11-14H2,1H3,(H,22,26). The van der Waals surface area contributed by atoms with Crippen LogP contribution in [-0.2, 0) is 4.74 Å². The maximum atomic E-state index is 12.7. The highest BCUT2D eigenvalue weighted by molar-refractivity contribution is 6.07. The van der Waals surface area contributed by atoms with Crippen molar-refractivity contribution in [2.45, 2.75) is 32.6 Å². The molecule has 0 radical (unpaired) electrons. The molecule has 1 aliphatic heterocycles. The molecule has 7 nitrogen and oxygen atoms in total. The number of nitrogens with zero attached hydrogens (tertiary/aromatic N) is 3. The summed E-state index contributed by atoms with van der Waals surface area (Å²) in [5.41, 5.74) is 2.13. The van der Waals surface area contributed by atoms with Crippen molar-refractivity contribution in [2.24, 2.45) is 0 Å². The van der Waals surface area contributed by atoms with Gasteiger partial charge in [-0.3, -0.25) is 4.79 Å². The number of hydrogen-bond donors (Lipinski definition) is 1. The van der Waals surface area contributed by atoms with Gasteiger partial charge in [-0.25, -0.2) is 9.97 Å². The normalized spacial score (nSPS) is 14.7. The summed E-state index contributed by atoms with van der Waals surface area (Å²) in [6.45, 7) is 5.63. The predicted molar refractivity (Wildman–Crippen MR) is 109 cm³/mol. The topological polar surface area (TPSA) is 80.5 Å². The SMILES string of the molecule is CCOCCCNC(=O)c1nc(N2CCCCC2)c2oc3ccccc3c2n1. The summed E-state index contributed by atoms with van der Waals surface area (Å²) in [5.74, 6) is 0.651. The van der Waals surface area contributed by atoms with Crippen molar-refractivity contribution in [3.8, 4) is 0 Å². The van der Waals surface area contributed by atoms with Crippen molar-refractivity contribution in [2.75, 3.05) is 37.7 Å². The number of nitrogens with one attached hydrogen (secondary N) is 1. The van der Waals surface area contributed by atoms with E-state index in [1.54, 1.807) is 0 Å². The van der Waals surface area contributed by atoms with Gasteiger partial charge in [0.25, 0.3) is 5.91 Å². The number of ether oxygens (including phenoxy) is 1. The Hall–Kier alpha value is -2.67. The molecule has 1 amide bonds. The molecule has 2 aromatic heterocycles. The van der Waals surface area contributed by atoms with Gasteiger partial charge in [0.1, 0.15) is 11.1 Å². The molecular weight excluding hydrogens is 356 g/mol. The van der Waals surface area contributed by atoms with Gasteiger partial charge in [0.2, 0.25) is 5.82 Å². The Kier molecular flexibility index (Phi) is 5.71. The zero-order valence-corrected chi connectivity index (χ0v) is 16.2. The second kappa shape index (κ2) is 8.56. The Morgan fingerprint density at radius 3 is 2.86 bits per heavy atom. The first-order valence-electron chi connectivity index (χ1n) is 10.1. The van der Waals surface area contributed by atoms with Gasteiger partial charge in [0.05, 0.1) is 0 Å². The average Bonchev–Trinajstić information content (AvgIpc) is 3.12. The van der Waals surface area contributed by atoms with E-state index in [1.165, 1.54) is 6.42 Å². The highest BCUT2D eigenvalue weighted by Gasteiger charge is 2.23. The molecule has 3 heterocycles. The van der Waals surface area contributed by atoms with Crippen LogP contribution in [0, 0.1) is 0 Å². The van der Waals surface area contributed by atoms with E-state index in [9.17, 15) is 4.79 Å². The molecule has 3 aromatic rings. The first kappa shape index (κ1) is 18.7. The van der Waals surface area contributed by atoms with Gasteiger partial charge in [-0.2, -0.15) is 0 Å². The number of rotatable bonds is 7. The number of fused-ring (bicyclic) bond motifs is 3. The lowest BCUT2D eigenvalue weighted by Crippen LogP contribution is -2.32.